The molecule has 1 aliphatic heterocycles. The van der Waals surface area contributed by atoms with Crippen LogP contribution in [-0.4, -0.2) is 56.0 Å². The third-order valence-electron chi connectivity index (χ3n) is 5.39. The van der Waals surface area contributed by atoms with E-state index in [1.807, 2.05) is 0 Å². The Morgan fingerprint density at radius 1 is 1.00 bits per heavy atom. The number of benzene rings is 1. The lowest BCUT2D eigenvalue weighted by molar-refractivity contribution is 0.233. The van der Waals surface area contributed by atoms with Crippen molar-refractivity contribution in [3.63, 3.8) is 0 Å². The highest BCUT2D eigenvalue weighted by Crippen LogP contribution is 2.29. The van der Waals surface area contributed by atoms with Crippen molar-refractivity contribution in [2.24, 2.45) is 0 Å². The van der Waals surface area contributed by atoms with Crippen LogP contribution in [0.3, 0.4) is 0 Å². The largest absolute Gasteiger partial charge is 0.342 e. The molecule has 0 spiro atoms. The van der Waals surface area contributed by atoms with Crippen LogP contribution in [0.25, 0.3) is 22.2 Å². The Balaban J connectivity index is 1.36. The van der Waals surface area contributed by atoms with Crippen LogP contribution >= 0.6 is 0 Å². The molecule has 0 saturated carbocycles. The number of piperazine rings is 1. The lowest BCUT2D eigenvalue weighted by Crippen LogP contribution is -2.42. The number of aromatic nitrogens is 5. The minimum Gasteiger partial charge on any atom is -0.342 e. The Labute approximate surface area is 183 Å². The SMILES string of the molecule is Cc1nc2c(F)cc(-c3cc(Nc4ncc(CN5CCNCC5)cn4)ncc3F)cc2[nH]1. The summed E-state index contributed by atoms with van der Waals surface area (Å²) in [5, 5.41) is 6.32. The number of fused-ring (bicyclic) bond motifs is 1. The fourth-order valence-corrected chi connectivity index (χ4v) is 3.83. The van der Waals surface area contributed by atoms with Crippen LogP contribution in [0.2, 0.25) is 0 Å². The molecule has 1 aromatic carbocycles. The monoisotopic (exact) mass is 436 g/mol. The molecule has 0 bridgehead atoms. The lowest BCUT2D eigenvalue weighted by Gasteiger charge is -2.26. The van der Waals surface area contributed by atoms with E-state index in [9.17, 15) is 8.78 Å². The molecule has 4 heterocycles. The first-order valence-electron chi connectivity index (χ1n) is 10.4. The molecule has 0 unspecified atom stereocenters. The average molecular weight is 436 g/mol. The number of halogens is 2. The second-order valence-corrected chi connectivity index (χ2v) is 7.79. The summed E-state index contributed by atoms with van der Waals surface area (Å²) in [6.07, 6.45) is 4.63. The number of H-pyrrole nitrogens is 1. The molecule has 164 valence electrons. The van der Waals surface area contributed by atoms with E-state index in [0.717, 1.165) is 44.5 Å². The third kappa shape index (κ3) is 4.27. The summed E-state index contributed by atoms with van der Waals surface area (Å²) >= 11 is 0. The van der Waals surface area contributed by atoms with Crippen molar-refractivity contribution in [1.29, 1.82) is 0 Å². The van der Waals surface area contributed by atoms with Crippen LogP contribution in [0.5, 0.6) is 0 Å². The topological polar surface area (TPSA) is 94.7 Å². The zero-order valence-electron chi connectivity index (χ0n) is 17.5. The van der Waals surface area contributed by atoms with Crippen LogP contribution < -0.4 is 10.6 Å². The normalized spacial score (nSPS) is 14.7. The number of nitrogens with zero attached hydrogens (tertiary/aromatic N) is 5. The third-order valence-corrected chi connectivity index (χ3v) is 5.39. The van der Waals surface area contributed by atoms with Gasteiger partial charge in [0.2, 0.25) is 5.95 Å². The molecule has 0 radical (unpaired) electrons. The van der Waals surface area contributed by atoms with E-state index in [2.05, 4.69) is 40.5 Å². The van der Waals surface area contributed by atoms with E-state index in [0.29, 0.717) is 28.7 Å². The van der Waals surface area contributed by atoms with E-state index < -0.39 is 11.6 Å². The molecule has 1 fully saturated rings. The van der Waals surface area contributed by atoms with Gasteiger partial charge in [-0.2, -0.15) is 0 Å². The molecule has 1 saturated heterocycles. The van der Waals surface area contributed by atoms with E-state index >= 15 is 0 Å². The maximum Gasteiger partial charge on any atom is 0.228 e. The summed E-state index contributed by atoms with van der Waals surface area (Å²) in [7, 11) is 0. The van der Waals surface area contributed by atoms with Gasteiger partial charge in [-0.1, -0.05) is 0 Å². The van der Waals surface area contributed by atoms with Gasteiger partial charge in [0.1, 0.15) is 23.0 Å². The van der Waals surface area contributed by atoms with Gasteiger partial charge < -0.3 is 15.6 Å². The Hall–Kier alpha value is -3.50. The minimum atomic E-state index is -0.558. The van der Waals surface area contributed by atoms with Gasteiger partial charge in [0, 0.05) is 56.2 Å². The summed E-state index contributed by atoms with van der Waals surface area (Å²) in [5.74, 6) is 0.224. The van der Waals surface area contributed by atoms with Crippen molar-refractivity contribution in [3.05, 3.63) is 59.8 Å². The molecule has 8 nitrogen and oxygen atoms in total. The highest BCUT2D eigenvalue weighted by molar-refractivity contribution is 5.83. The van der Waals surface area contributed by atoms with Crippen LogP contribution in [0, 0.1) is 18.6 Å². The highest BCUT2D eigenvalue weighted by Gasteiger charge is 2.14. The molecule has 0 atom stereocenters. The summed E-state index contributed by atoms with van der Waals surface area (Å²) in [6.45, 7) is 6.48. The quantitative estimate of drug-likeness (QED) is 0.442. The Bertz CT molecular complexity index is 1250. The molecule has 10 heteroatoms. The minimum absolute atomic E-state index is 0.214. The van der Waals surface area contributed by atoms with Gasteiger partial charge in [-0.05, 0) is 30.7 Å². The lowest BCUT2D eigenvalue weighted by atomic mass is 10.1. The number of rotatable bonds is 5. The Morgan fingerprint density at radius 3 is 2.56 bits per heavy atom. The van der Waals surface area contributed by atoms with Gasteiger partial charge in [0.05, 0.1) is 11.7 Å². The number of pyridine rings is 1. The molecule has 3 N–H and O–H groups in total. The molecule has 5 rings (SSSR count). The first-order valence-corrected chi connectivity index (χ1v) is 10.4. The number of aromatic amines is 1. The molecule has 0 aliphatic carbocycles. The molecule has 0 amide bonds. The van der Waals surface area contributed by atoms with E-state index in [-0.39, 0.29) is 11.1 Å². The molecule has 32 heavy (non-hydrogen) atoms. The maximum atomic E-state index is 14.5. The van der Waals surface area contributed by atoms with E-state index in [4.69, 9.17) is 0 Å². The smallest absolute Gasteiger partial charge is 0.228 e. The van der Waals surface area contributed by atoms with Crippen molar-refractivity contribution < 1.29 is 8.78 Å². The van der Waals surface area contributed by atoms with Gasteiger partial charge in [-0.15, -0.1) is 0 Å². The average Bonchev–Trinajstić information content (AvgIpc) is 3.18. The standard InChI is InChI=1S/C22H22F2N8/c1-13-29-19-7-15(6-17(23)21(19)30-13)16-8-20(26-11-18(16)24)31-22-27-9-14(10-28-22)12-32-4-2-25-3-5-32/h6-11,25H,2-5,12H2,1H3,(H,29,30)(H,26,27,28,31). The molecular formula is C22H22F2N8. The summed E-state index contributed by atoms with van der Waals surface area (Å²) < 4.78 is 29.0. The molecule has 4 aromatic rings. The summed E-state index contributed by atoms with van der Waals surface area (Å²) in [6, 6.07) is 4.45. The van der Waals surface area contributed by atoms with Crippen molar-refractivity contribution in [2.75, 3.05) is 31.5 Å². The summed E-state index contributed by atoms with van der Waals surface area (Å²) in [5.41, 5.74) is 2.35. The van der Waals surface area contributed by atoms with Crippen molar-refractivity contribution >= 4 is 22.8 Å². The second-order valence-electron chi connectivity index (χ2n) is 7.79. The predicted molar refractivity (Wildman–Crippen MR) is 117 cm³/mol. The number of hydrogen-bond donors (Lipinski definition) is 3. The van der Waals surface area contributed by atoms with Gasteiger partial charge in [0.15, 0.2) is 5.82 Å². The van der Waals surface area contributed by atoms with Gasteiger partial charge >= 0.3 is 0 Å². The van der Waals surface area contributed by atoms with Gasteiger partial charge in [-0.25, -0.2) is 28.7 Å². The van der Waals surface area contributed by atoms with Crippen molar-refractivity contribution in [3.8, 4) is 11.1 Å². The van der Waals surface area contributed by atoms with Crippen molar-refractivity contribution in [1.82, 2.24) is 35.1 Å². The first-order chi connectivity index (χ1) is 15.5. The van der Waals surface area contributed by atoms with Crippen LogP contribution in [-0.2, 0) is 6.54 Å². The van der Waals surface area contributed by atoms with E-state index in [1.54, 1.807) is 25.4 Å². The van der Waals surface area contributed by atoms with E-state index in [1.165, 1.54) is 12.1 Å². The molecule has 3 aromatic heterocycles. The molecular weight excluding hydrogens is 414 g/mol. The van der Waals surface area contributed by atoms with Crippen molar-refractivity contribution in [2.45, 2.75) is 13.5 Å². The predicted octanol–water partition coefficient (Wildman–Crippen LogP) is 3.15. The Kier molecular flexibility index (Phi) is 5.46. The number of anilines is 2. The maximum absolute atomic E-state index is 14.5. The zero-order valence-corrected chi connectivity index (χ0v) is 17.5. The highest BCUT2D eigenvalue weighted by atomic mass is 19.1. The van der Waals surface area contributed by atoms with Gasteiger partial charge in [-0.3, -0.25) is 4.90 Å². The van der Waals surface area contributed by atoms with Crippen LogP contribution in [0.4, 0.5) is 20.5 Å². The number of imidazole rings is 1. The Morgan fingerprint density at radius 2 is 1.78 bits per heavy atom. The van der Waals surface area contributed by atoms with Gasteiger partial charge in [0.25, 0.3) is 0 Å². The fourth-order valence-electron chi connectivity index (χ4n) is 3.83. The summed E-state index contributed by atoms with van der Waals surface area (Å²) in [4.78, 5) is 22.2. The number of aryl methyl sites for hydroxylation is 1. The fraction of sp³-hybridized carbons (Fsp3) is 0.273. The number of hydrogen-bond acceptors (Lipinski definition) is 7. The number of nitrogens with one attached hydrogen (secondary N) is 3. The first kappa shape index (κ1) is 20.4. The van der Waals surface area contributed by atoms with Crippen LogP contribution in [0.15, 0.2) is 36.8 Å². The van der Waals surface area contributed by atoms with Crippen LogP contribution in [0.1, 0.15) is 11.4 Å². The second kappa shape index (κ2) is 8.56. The molecule has 1 aliphatic rings. The zero-order chi connectivity index (χ0) is 22.1.